The van der Waals surface area contributed by atoms with Gasteiger partial charge in [0.15, 0.2) is 11.5 Å². The van der Waals surface area contributed by atoms with Gasteiger partial charge in [0, 0.05) is 12.0 Å². The Labute approximate surface area is 154 Å². The van der Waals surface area contributed by atoms with Gasteiger partial charge in [0.2, 0.25) is 10.0 Å². The van der Waals surface area contributed by atoms with Crippen LogP contribution >= 0.6 is 0 Å². The lowest BCUT2D eigenvalue weighted by Crippen LogP contribution is -2.25. The summed E-state index contributed by atoms with van der Waals surface area (Å²) in [5, 5.41) is 4.41. The van der Waals surface area contributed by atoms with Crippen molar-refractivity contribution in [1.82, 2.24) is 4.41 Å². The van der Waals surface area contributed by atoms with Crippen LogP contribution in [-0.2, 0) is 10.0 Å². The van der Waals surface area contributed by atoms with E-state index in [9.17, 15) is 8.42 Å². The second-order valence-corrected chi connectivity index (χ2v) is 8.12. The molecule has 0 amide bonds. The molecule has 2 aromatic rings. The van der Waals surface area contributed by atoms with Crippen molar-refractivity contribution in [1.29, 1.82) is 0 Å². The quantitative estimate of drug-likeness (QED) is 0.806. The van der Waals surface area contributed by atoms with Crippen molar-refractivity contribution >= 4 is 15.7 Å². The third kappa shape index (κ3) is 3.53. The van der Waals surface area contributed by atoms with Crippen LogP contribution in [-0.4, -0.2) is 39.0 Å². The maximum absolute atomic E-state index is 12.3. The molecule has 2 aromatic carbocycles. The minimum Gasteiger partial charge on any atom is -0.493 e. The van der Waals surface area contributed by atoms with Gasteiger partial charge >= 0.3 is 0 Å². The Hall–Kier alpha value is -2.54. The summed E-state index contributed by atoms with van der Waals surface area (Å²) in [5.74, 6) is 1.20. The highest BCUT2D eigenvalue weighted by Gasteiger charge is 2.34. The fourth-order valence-corrected chi connectivity index (χ4v) is 3.93. The third-order valence-electron chi connectivity index (χ3n) is 4.39. The molecule has 1 aliphatic rings. The molecule has 3 rings (SSSR count). The number of hydrogen-bond acceptors (Lipinski definition) is 5. The molecule has 1 atom stereocenters. The molecule has 1 aliphatic heterocycles. The Morgan fingerprint density at radius 1 is 1.04 bits per heavy atom. The molecule has 138 valence electrons. The predicted molar refractivity (Wildman–Crippen MR) is 101 cm³/mol. The molecule has 26 heavy (non-hydrogen) atoms. The molecule has 1 unspecified atom stereocenters. The molecule has 7 heteroatoms. The average molecular weight is 374 g/mol. The smallest absolute Gasteiger partial charge is 0.247 e. The lowest BCUT2D eigenvalue weighted by atomic mass is 9.98. The van der Waals surface area contributed by atoms with Gasteiger partial charge in [-0.3, -0.25) is 0 Å². The van der Waals surface area contributed by atoms with E-state index in [4.69, 9.17) is 9.47 Å². The van der Waals surface area contributed by atoms with Crippen molar-refractivity contribution < 1.29 is 17.9 Å². The Balaban J connectivity index is 2.00. The molecule has 0 fully saturated rings. The summed E-state index contributed by atoms with van der Waals surface area (Å²) in [5.41, 5.74) is 3.55. The SMILES string of the molecule is COc1ccc(C2=NN(S(C)(=O)=O)C(c3ccc(C)cc3)C2)cc1OC. The number of aryl methyl sites for hydroxylation is 1. The summed E-state index contributed by atoms with van der Waals surface area (Å²) in [7, 11) is -0.351. The van der Waals surface area contributed by atoms with Crippen LogP contribution in [0.2, 0.25) is 0 Å². The van der Waals surface area contributed by atoms with Crippen LogP contribution in [0.3, 0.4) is 0 Å². The molecule has 0 saturated carbocycles. The normalized spacial score (nSPS) is 17.2. The average Bonchev–Trinajstić information content (AvgIpc) is 3.07. The third-order valence-corrected chi connectivity index (χ3v) is 5.41. The summed E-state index contributed by atoms with van der Waals surface area (Å²) in [6.07, 6.45) is 1.67. The zero-order chi connectivity index (χ0) is 18.9. The summed E-state index contributed by atoms with van der Waals surface area (Å²) in [4.78, 5) is 0. The minimum absolute atomic E-state index is 0.353. The largest absolute Gasteiger partial charge is 0.493 e. The number of hydrazone groups is 1. The zero-order valence-electron chi connectivity index (χ0n) is 15.3. The fraction of sp³-hybridized carbons (Fsp3) is 0.316. The Morgan fingerprint density at radius 2 is 1.69 bits per heavy atom. The molecular weight excluding hydrogens is 352 g/mol. The number of hydrogen-bond donors (Lipinski definition) is 0. The van der Waals surface area contributed by atoms with Crippen LogP contribution in [0.1, 0.15) is 29.2 Å². The second kappa shape index (κ2) is 6.99. The monoisotopic (exact) mass is 374 g/mol. The summed E-state index contributed by atoms with van der Waals surface area (Å²) in [6.45, 7) is 2.00. The molecule has 0 aliphatic carbocycles. The maximum atomic E-state index is 12.3. The molecule has 0 saturated heterocycles. The molecule has 0 radical (unpaired) electrons. The van der Waals surface area contributed by atoms with E-state index >= 15 is 0 Å². The van der Waals surface area contributed by atoms with Crippen LogP contribution < -0.4 is 9.47 Å². The van der Waals surface area contributed by atoms with Gasteiger partial charge < -0.3 is 9.47 Å². The van der Waals surface area contributed by atoms with Crippen LogP contribution in [0.15, 0.2) is 47.6 Å². The van der Waals surface area contributed by atoms with E-state index in [1.807, 2.05) is 43.3 Å². The van der Waals surface area contributed by atoms with Crippen molar-refractivity contribution in [3.63, 3.8) is 0 Å². The second-order valence-electron chi connectivity index (χ2n) is 6.28. The standard InChI is InChI=1S/C19H22N2O4S/c1-13-5-7-14(8-6-13)17-12-16(20-21(17)26(4,22)23)15-9-10-18(24-2)19(11-15)25-3/h5-11,17H,12H2,1-4H3. The van der Waals surface area contributed by atoms with Gasteiger partial charge in [-0.2, -0.15) is 9.52 Å². The molecule has 6 nitrogen and oxygen atoms in total. The maximum Gasteiger partial charge on any atom is 0.247 e. The predicted octanol–water partition coefficient (Wildman–Crippen LogP) is 3.12. The molecule has 0 spiro atoms. The Morgan fingerprint density at radius 3 is 2.27 bits per heavy atom. The van der Waals surface area contributed by atoms with Crippen molar-refractivity contribution in [3.8, 4) is 11.5 Å². The lowest BCUT2D eigenvalue weighted by molar-refractivity contribution is 0.355. The van der Waals surface area contributed by atoms with Gasteiger partial charge in [-0.15, -0.1) is 0 Å². The zero-order valence-corrected chi connectivity index (χ0v) is 16.1. The van der Waals surface area contributed by atoms with Crippen molar-refractivity contribution in [2.45, 2.75) is 19.4 Å². The lowest BCUT2D eigenvalue weighted by Gasteiger charge is -2.21. The first kappa shape index (κ1) is 18.3. The van der Waals surface area contributed by atoms with E-state index in [0.29, 0.717) is 23.6 Å². The number of nitrogens with zero attached hydrogens (tertiary/aromatic N) is 2. The number of ether oxygens (including phenoxy) is 2. The summed E-state index contributed by atoms with van der Waals surface area (Å²) < 4.78 is 36.3. The minimum atomic E-state index is -3.49. The van der Waals surface area contributed by atoms with Gasteiger partial charge in [0.05, 0.1) is 32.2 Å². The van der Waals surface area contributed by atoms with Gasteiger partial charge in [-0.25, -0.2) is 8.42 Å². The molecule has 0 bridgehead atoms. The number of benzene rings is 2. The van der Waals surface area contributed by atoms with Crippen LogP contribution in [0.5, 0.6) is 11.5 Å². The Bertz CT molecular complexity index is 937. The van der Waals surface area contributed by atoms with E-state index in [-0.39, 0.29) is 6.04 Å². The molecule has 1 heterocycles. The van der Waals surface area contributed by atoms with E-state index in [1.165, 1.54) is 10.7 Å². The summed E-state index contributed by atoms with van der Waals surface area (Å²) in [6, 6.07) is 13.0. The first-order valence-corrected chi connectivity index (χ1v) is 10.0. The van der Waals surface area contributed by atoms with Gasteiger partial charge in [-0.1, -0.05) is 29.8 Å². The van der Waals surface area contributed by atoms with E-state index in [0.717, 1.165) is 16.7 Å². The highest BCUT2D eigenvalue weighted by atomic mass is 32.2. The fourth-order valence-electron chi connectivity index (χ4n) is 3.02. The van der Waals surface area contributed by atoms with Gasteiger partial charge in [0.1, 0.15) is 0 Å². The first-order valence-electron chi connectivity index (χ1n) is 8.19. The highest BCUT2D eigenvalue weighted by Crippen LogP contribution is 2.36. The van der Waals surface area contributed by atoms with Gasteiger partial charge in [0.25, 0.3) is 0 Å². The van der Waals surface area contributed by atoms with E-state index in [1.54, 1.807) is 20.3 Å². The van der Waals surface area contributed by atoms with E-state index < -0.39 is 10.0 Å². The molecule has 0 aromatic heterocycles. The van der Waals surface area contributed by atoms with Crippen LogP contribution in [0.4, 0.5) is 0 Å². The van der Waals surface area contributed by atoms with Crippen molar-refractivity contribution in [2.75, 3.05) is 20.5 Å². The molecular formula is C19H22N2O4S. The van der Waals surface area contributed by atoms with Crippen molar-refractivity contribution in [2.24, 2.45) is 5.10 Å². The van der Waals surface area contributed by atoms with Crippen LogP contribution in [0.25, 0.3) is 0 Å². The van der Waals surface area contributed by atoms with Crippen LogP contribution in [0, 0.1) is 6.92 Å². The number of sulfonamides is 1. The first-order chi connectivity index (χ1) is 12.3. The van der Waals surface area contributed by atoms with Crippen molar-refractivity contribution in [3.05, 3.63) is 59.2 Å². The highest BCUT2D eigenvalue weighted by molar-refractivity contribution is 7.88. The van der Waals surface area contributed by atoms with Gasteiger partial charge in [-0.05, 0) is 30.7 Å². The molecule has 0 N–H and O–H groups in total. The number of rotatable bonds is 5. The summed E-state index contributed by atoms with van der Waals surface area (Å²) >= 11 is 0. The van der Waals surface area contributed by atoms with E-state index in [2.05, 4.69) is 5.10 Å². The number of methoxy groups -OCH3 is 2. The topological polar surface area (TPSA) is 68.2 Å². The Kier molecular flexibility index (Phi) is 4.91.